The van der Waals surface area contributed by atoms with Gasteiger partial charge in [0.05, 0.1) is 26.9 Å². The molecular formula is C16H25O6P. The first-order valence-electron chi connectivity index (χ1n) is 7.69. The highest BCUT2D eigenvalue weighted by molar-refractivity contribution is 7.55. The quantitative estimate of drug-likeness (QED) is 0.478. The van der Waals surface area contributed by atoms with Crippen molar-refractivity contribution < 1.29 is 27.9 Å². The second kappa shape index (κ2) is 9.71. The molecule has 0 fully saturated rings. The van der Waals surface area contributed by atoms with Gasteiger partial charge in [0.25, 0.3) is 0 Å². The number of ether oxygens (including phenoxy) is 2. The number of para-hydroxylation sites is 1. The molecule has 6 nitrogen and oxygen atoms in total. The maximum atomic E-state index is 13.0. The van der Waals surface area contributed by atoms with Crippen LogP contribution in [-0.4, -0.2) is 38.6 Å². The molecule has 23 heavy (non-hydrogen) atoms. The fourth-order valence-electron chi connectivity index (χ4n) is 2.22. The van der Waals surface area contributed by atoms with Crippen LogP contribution in [0.3, 0.4) is 0 Å². The predicted octanol–water partition coefficient (Wildman–Crippen LogP) is 3.44. The van der Waals surface area contributed by atoms with E-state index in [0.717, 1.165) is 5.56 Å². The summed E-state index contributed by atoms with van der Waals surface area (Å²) in [7, 11) is -2.10. The highest BCUT2D eigenvalue weighted by Gasteiger charge is 2.42. The predicted molar refractivity (Wildman–Crippen MR) is 88.0 cm³/mol. The molecule has 1 aromatic carbocycles. The standard InChI is InChI=1S/C16H25O6P/c1-5-20-16(17)15(23(18,21-6-2)22-7-3)12-13-10-8-9-11-14(13)19-4/h8-11,15H,5-7,12H2,1-4H3/t15-/m1/s1. The molecule has 0 heterocycles. The van der Waals surface area contributed by atoms with Crippen LogP contribution < -0.4 is 4.74 Å². The summed E-state index contributed by atoms with van der Waals surface area (Å²) in [6.07, 6.45) is 0.153. The lowest BCUT2D eigenvalue weighted by Gasteiger charge is -2.25. The SMILES string of the molecule is CCOC(=O)[C@@H](Cc1ccccc1OC)P(=O)(OCC)OCC. The van der Waals surface area contributed by atoms with E-state index in [4.69, 9.17) is 18.5 Å². The molecule has 0 amide bonds. The highest BCUT2D eigenvalue weighted by atomic mass is 31.2. The van der Waals surface area contributed by atoms with E-state index in [1.54, 1.807) is 33.9 Å². The molecule has 0 aromatic heterocycles. The smallest absolute Gasteiger partial charge is 0.345 e. The van der Waals surface area contributed by atoms with Crippen LogP contribution in [0.15, 0.2) is 24.3 Å². The highest BCUT2D eigenvalue weighted by Crippen LogP contribution is 2.54. The summed E-state index contributed by atoms with van der Waals surface area (Å²) in [5, 5.41) is 0. The number of methoxy groups -OCH3 is 1. The van der Waals surface area contributed by atoms with E-state index in [9.17, 15) is 9.36 Å². The average Bonchev–Trinajstić information content (AvgIpc) is 2.53. The third-order valence-corrected chi connectivity index (χ3v) is 5.56. The molecule has 1 atom stereocenters. The Morgan fingerprint density at radius 3 is 2.22 bits per heavy atom. The summed E-state index contributed by atoms with van der Waals surface area (Å²) < 4.78 is 34.1. The normalized spacial score (nSPS) is 12.7. The van der Waals surface area contributed by atoms with Gasteiger partial charge >= 0.3 is 13.6 Å². The van der Waals surface area contributed by atoms with Crippen molar-refractivity contribution in [3.8, 4) is 5.75 Å². The van der Waals surface area contributed by atoms with Crippen molar-refractivity contribution in [2.45, 2.75) is 32.9 Å². The van der Waals surface area contributed by atoms with Gasteiger partial charge in [0.15, 0.2) is 5.66 Å². The van der Waals surface area contributed by atoms with Crippen LogP contribution in [0.1, 0.15) is 26.3 Å². The van der Waals surface area contributed by atoms with E-state index < -0.39 is 19.2 Å². The van der Waals surface area contributed by atoms with Crippen LogP contribution in [0.4, 0.5) is 0 Å². The van der Waals surface area contributed by atoms with Crippen molar-refractivity contribution in [3.05, 3.63) is 29.8 Å². The Hall–Kier alpha value is -1.36. The molecule has 0 saturated carbocycles. The first-order valence-corrected chi connectivity index (χ1v) is 9.30. The van der Waals surface area contributed by atoms with E-state index in [-0.39, 0.29) is 26.2 Å². The fraction of sp³-hybridized carbons (Fsp3) is 0.562. The summed E-state index contributed by atoms with van der Waals surface area (Å²) in [5.41, 5.74) is -0.286. The van der Waals surface area contributed by atoms with E-state index >= 15 is 0 Å². The molecule has 1 rings (SSSR count). The molecule has 0 N–H and O–H groups in total. The van der Waals surface area contributed by atoms with Crippen molar-refractivity contribution in [2.75, 3.05) is 26.9 Å². The third-order valence-electron chi connectivity index (χ3n) is 3.16. The molecule has 130 valence electrons. The van der Waals surface area contributed by atoms with Crippen molar-refractivity contribution in [3.63, 3.8) is 0 Å². The van der Waals surface area contributed by atoms with Gasteiger partial charge in [-0.2, -0.15) is 0 Å². The number of hydrogen-bond donors (Lipinski definition) is 0. The minimum Gasteiger partial charge on any atom is -0.496 e. The first kappa shape index (κ1) is 19.7. The zero-order chi connectivity index (χ0) is 17.3. The Morgan fingerprint density at radius 1 is 1.09 bits per heavy atom. The minimum atomic E-state index is -3.64. The number of carbonyl (C=O) groups excluding carboxylic acids is 1. The van der Waals surface area contributed by atoms with Crippen LogP contribution >= 0.6 is 7.60 Å². The molecule has 0 bridgehead atoms. The first-order chi connectivity index (χ1) is 11.0. The van der Waals surface area contributed by atoms with Crippen molar-refractivity contribution in [1.82, 2.24) is 0 Å². The fourth-order valence-corrected chi connectivity index (χ4v) is 4.13. The molecule has 0 aliphatic rings. The van der Waals surface area contributed by atoms with Gasteiger partial charge in [-0.3, -0.25) is 9.36 Å². The van der Waals surface area contributed by atoms with Crippen LogP contribution in [0.25, 0.3) is 0 Å². The van der Waals surface area contributed by atoms with Crippen LogP contribution in [0, 0.1) is 0 Å². The van der Waals surface area contributed by atoms with Crippen molar-refractivity contribution in [2.24, 2.45) is 0 Å². The summed E-state index contributed by atoms with van der Waals surface area (Å²) in [5.74, 6) is 0.0185. The number of rotatable bonds is 10. The Morgan fingerprint density at radius 2 is 1.70 bits per heavy atom. The molecule has 0 unspecified atom stereocenters. The Bertz CT molecular complexity index is 535. The molecule has 0 radical (unpaired) electrons. The van der Waals surface area contributed by atoms with Crippen molar-refractivity contribution in [1.29, 1.82) is 0 Å². The third kappa shape index (κ3) is 5.34. The number of carbonyl (C=O) groups is 1. The summed E-state index contributed by atoms with van der Waals surface area (Å²) in [6.45, 7) is 5.66. The Labute approximate surface area is 137 Å². The van der Waals surface area contributed by atoms with Gasteiger partial charge in [0.2, 0.25) is 0 Å². The van der Waals surface area contributed by atoms with Crippen LogP contribution in [-0.2, 0) is 29.6 Å². The molecule has 0 saturated heterocycles. The van der Waals surface area contributed by atoms with E-state index in [2.05, 4.69) is 0 Å². The monoisotopic (exact) mass is 344 g/mol. The maximum absolute atomic E-state index is 13.0. The molecule has 7 heteroatoms. The summed E-state index contributed by atoms with van der Waals surface area (Å²) in [6, 6.07) is 7.25. The van der Waals surface area contributed by atoms with Gasteiger partial charge in [-0.25, -0.2) is 0 Å². The molecule has 1 aromatic rings. The number of hydrogen-bond acceptors (Lipinski definition) is 6. The molecule has 0 spiro atoms. The number of benzene rings is 1. The number of esters is 1. The van der Waals surface area contributed by atoms with Crippen molar-refractivity contribution >= 4 is 13.6 Å². The lowest BCUT2D eigenvalue weighted by atomic mass is 10.1. The molecule has 0 aliphatic carbocycles. The minimum absolute atomic E-state index is 0.153. The zero-order valence-corrected chi connectivity index (χ0v) is 15.0. The second-order valence-electron chi connectivity index (χ2n) is 4.66. The Kier molecular flexibility index (Phi) is 8.31. The van der Waals surface area contributed by atoms with Gasteiger partial charge in [-0.15, -0.1) is 0 Å². The topological polar surface area (TPSA) is 71.1 Å². The van der Waals surface area contributed by atoms with Crippen LogP contribution in [0.5, 0.6) is 5.75 Å². The second-order valence-corrected chi connectivity index (χ2v) is 6.88. The maximum Gasteiger partial charge on any atom is 0.345 e. The average molecular weight is 344 g/mol. The lowest BCUT2D eigenvalue weighted by Crippen LogP contribution is -2.28. The van der Waals surface area contributed by atoms with Gasteiger partial charge < -0.3 is 18.5 Å². The van der Waals surface area contributed by atoms with E-state index in [1.807, 2.05) is 18.2 Å². The lowest BCUT2D eigenvalue weighted by molar-refractivity contribution is -0.143. The van der Waals surface area contributed by atoms with Gasteiger partial charge in [-0.05, 0) is 32.4 Å². The van der Waals surface area contributed by atoms with Gasteiger partial charge in [0.1, 0.15) is 5.75 Å². The van der Waals surface area contributed by atoms with Gasteiger partial charge in [0, 0.05) is 6.42 Å². The van der Waals surface area contributed by atoms with E-state index in [0.29, 0.717) is 5.75 Å². The summed E-state index contributed by atoms with van der Waals surface area (Å²) >= 11 is 0. The summed E-state index contributed by atoms with van der Waals surface area (Å²) in [4.78, 5) is 12.3. The largest absolute Gasteiger partial charge is 0.496 e. The van der Waals surface area contributed by atoms with Gasteiger partial charge in [-0.1, -0.05) is 18.2 Å². The van der Waals surface area contributed by atoms with E-state index in [1.165, 1.54) is 0 Å². The zero-order valence-electron chi connectivity index (χ0n) is 14.1. The molecular weight excluding hydrogens is 319 g/mol. The Balaban J connectivity index is 3.18. The molecule has 0 aliphatic heterocycles. The van der Waals surface area contributed by atoms with Crippen LogP contribution in [0.2, 0.25) is 0 Å².